The molecule has 2 rings (SSSR count). The van der Waals surface area contributed by atoms with Crippen LogP contribution in [-0.2, 0) is 14.8 Å². The molecule has 0 aliphatic rings. The third-order valence-corrected chi connectivity index (χ3v) is 4.67. The first-order chi connectivity index (χ1) is 11.7. The van der Waals surface area contributed by atoms with Crippen molar-refractivity contribution in [1.82, 2.24) is 4.90 Å². The second kappa shape index (κ2) is 7.35. The van der Waals surface area contributed by atoms with E-state index in [4.69, 9.17) is 0 Å². The Balaban J connectivity index is 2.16. The third kappa shape index (κ3) is 4.80. The average Bonchev–Trinajstić information content (AvgIpc) is 2.55. The molecule has 0 fully saturated rings. The number of benzene rings is 2. The lowest BCUT2D eigenvalue weighted by Gasteiger charge is -2.12. The maximum Gasteiger partial charge on any atom is 0.261 e. The molecule has 0 spiro atoms. The van der Waals surface area contributed by atoms with E-state index in [9.17, 15) is 18.0 Å². The summed E-state index contributed by atoms with van der Waals surface area (Å²) in [5, 5.41) is 2.60. The lowest BCUT2D eigenvalue weighted by atomic mass is 10.2. The maximum absolute atomic E-state index is 12.4. The van der Waals surface area contributed by atoms with Crippen molar-refractivity contribution < 1.29 is 18.0 Å². The van der Waals surface area contributed by atoms with Crippen molar-refractivity contribution in [2.75, 3.05) is 24.1 Å². The minimum Gasteiger partial charge on any atom is -0.345 e. The van der Waals surface area contributed by atoms with Crippen molar-refractivity contribution in [3.63, 3.8) is 0 Å². The first kappa shape index (κ1) is 18.5. The summed E-state index contributed by atoms with van der Waals surface area (Å²) in [6, 6.07) is 12.0. The van der Waals surface area contributed by atoms with Gasteiger partial charge in [-0.2, -0.15) is 0 Å². The fourth-order valence-corrected chi connectivity index (χ4v) is 3.13. The van der Waals surface area contributed by atoms with E-state index >= 15 is 0 Å². The third-order valence-electron chi connectivity index (χ3n) is 3.28. The predicted molar refractivity (Wildman–Crippen MR) is 96.0 cm³/mol. The molecule has 0 saturated carbocycles. The van der Waals surface area contributed by atoms with Gasteiger partial charge in [0.15, 0.2) is 0 Å². The molecule has 25 heavy (non-hydrogen) atoms. The average molecular weight is 361 g/mol. The fourth-order valence-electron chi connectivity index (χ4n) is 2.07. The number of rotatable bonds is 5. The number of carbonyl (C=O) groups excluding carboxylic acids is 2. The van der Waals surface area contributed by atoms with Gasteiger partial charge in [-0.15, -0.1) is 0 Å². The lowest BCUT2D eigenvalue weighted by Crippen LogP contribution is -2.21. The topological polar surface area (TPSA) is 95.6 Å². The quantitative estimate of drug-likeness (QED) is 0.853. The highest BCUT2D eigenvalue weighted by Crippen LogP contribution is 2.19. The molecule has 8 heteroatoms. The van der Waals surface area contributed by atoms with E-state index in [0.717, 1.165) is 0 Å². The van der Waals surface area contributed by atoms with Crippen molar-refractivity contribution >= 4 is 33.2 Å². The minimum absolute atomic E-state index is 0.0498. The summed E-state index contributed by atoms with van der Waals surface area (Å²) >= 11 is 0. The summed E-state index contributed by atoms with van der Waals surface area (Å²) in [7, 11) is -0.526. The Hall–Kier alpha value is -2.87. The molecule has 0 unspecified atom stereocenters. The minimum atomic E-state index is -3.77. The van der Waals surface area contributed by atoms with Gasteiger partial charge in [0, 0.05) is 38.0 Å². The molecule has 0 radical (unpaired) electrons. The lowest BCUT2D eigenvalue weighted by molar-refractivity contribution is -0.114. The van der Waals surface area contributed by atoms with Gasteiger partial charge in [0.1, 0.15) is 0 Å². The molecule has 7 nitrogen and oxygen atoms in total. The van der Waals surface area contributed by atoms with Crippen molar-refractivity contribution in [1.29, 1.82) is 0 Å². The van der Waals surface area contributed by atoms with Crippen molar-refractivity contribution in [2.45, 2.75) is 11.8 Å². The number of nitrogens with one attached hydrogen (secondary N) is 2. The molecular weight excluding hydrogens is 342 g/mol. The van der Waals surface area contributed by atoms with E-state index in [1.807, 2.05) is 0 Å². The summed E-state index contributed by atoms with van der Waals surface area (Å²) in [4.78, 5) is 24.3. The van der Waals surface area contributed by atoms with Crippen LogP contribution in [0.25, 0.3) is 0 Å². The first-order valence-electron chi connectivity index (χ1n) is 7.41. The van der Waals surface area contributed by atoms with Crippen molar-refractivity contribution in [3.05, 3.63) is 54.1 Å². The smallest absolute Gasteiger partial charge is 0.261 e. The van der Waals surface area contributed by atoms with E-state index < -0.39 is 10.0 Å². The molecule has 0 heterocycles. The Morgan fingerprint density at radius 3 is 1.88 bits per heavy atom. The van der Waals surface area contributed by atoms with E-state index in [0.29, 0.717) is 16.9 Å². The predicted octanol–water partition coefficient (Wildman–Crippen LogP) is 2.15. The molecule has 132 valence electrons. The SMILES string of the molecule is CC(=O)Nc1ccc(NS(=O)(=O)c2ccc(C(=O)N(C)C)cc2)cc1. The zero-order valence-electron chi connectivity index (χ0n) is 14.1. The molecule has 0 aliphatic heterocycles. The molecule has 0 atom stereocenters. The molecule has 0 aliphatic carbocycles. The number of nitrogens with zero attached hydrogens (tertiary/aromatic N) is 1. The molecule has 0 saturated heterocycles. The van der Waals surface area contributed by atoms with Gasteiger partial charge in [-0.25, -0.2) is 8.42 Å². The zero-order chi connectivity index (χ0) is 18.6. The molecule has 2 N–H and O–H groups in total. The van der Waals surface area contributed by atoms with Crippen LogP contribution in [-0.4, -0.2) is 39.2 Å². The monoisotopic (exact) mass is 361 g/mol. The summed E-state index contributed by atoms with van der Waals surface area (Å²) in [6.45, 7) is 1.39. The van der Waals surface area contributed by atoms with Crippen molar-refractivity contribution in [2.24, 2.45) is 0 Å². The highest BCUT2D eigenvalue weighted by Gasteiger charge is 2.16. The number of sulfonamides is 1. The van der Waals surface area contributed by atoms with E-state index in [2.05, 4.69) is 10.0 Å². The van der Waals surface area contributed by atoms with Crippen LogP contribution >= 0.6 is 0 Å². The number of hydrogen-bond donors (Lipinski definition) is 2. The Labute approximate surface area is 146 Å². The second-order valence-electron chi connectivity index (χ2n) is 5.59. The normalized spacial score (nSPS) is 10.8. The Morgan fingerprint density at radius 2 is 1.40 bits per heavy atom. The summed E-state index contributed by atoms with van der Waals surface area (Å²) in [5.41, 5.74) is 1.34. The maximum atomic E-state index is 12.4. The van der Waals surface area contributed by atoms with E-state index in [1.165, 1.54) is 36.1 Å². The van der Waals surface area contributed by atoms with Gasteiger partial charge in [0.2, 0.25) is 5.91 Å². The molecule has 2 aromatic carbocycles. The van der Waals surface area contributed by atoms with Crippen LogP contribution in [0.15, 0.2) is 53.4 Å². The molecule has 0 bridgehead atoms. The Bertz CT molecular complexity index is 873. The molecule has 2 amide bonds. The number of anilines is 2. The van der Waals surface area contributed by atoms with Crippen LogP contribution in [0.5, 0.6) is 0 Å². The van der Waals surface area contributed by atoms with Crippen LogP contribution in [0.2, 0.25) is 0 Å². The van der Waals surface area contributed by atoms with Crippen LogP contribution in [0.3, 0.4) is 0 Å². The van der Waals surface area contributed by atoms with Gasteiger partial charge >= 0.3 is 0 Å². The van der Waals surface area contributed by atoms with Gasteiger partial charge in [0.25, 0.3) is 15.9 Å². The summed E-state index contributed by atoms with van der Waals surface area (Å²) in [6.07, 6.45) is 0. The number of hydrogen-bond acceptors (Lipinski definition) is 4. The highest BCUT2D eigenvalue weighted by atomic mass is 32.2. The van der Waals surface area contributed by atoms with E-state index in [-0.39, 0.29) is 16.7 Å². The Kier molecular flexibility index (Phi) is 5.43. The number of carbonyl (C=O) groups is 2. The molecular formula is C17H19N3O4S. The van der Waals surface area contributed by atoms with Crippen LogP contribution in [0.4, 0.5) is 11.4 Å². The zero-order valence-corrected chi connectivity index (χ0v) is 14.9. The van der Waals surface area contributed by atoms with Gasteiger partial charge in [-0.1, -0.05) is 0 Å². The van der Waals surface area contributed by atoms with Crippen LogP contribution < -0.4 is 10.0 Å². The van der Waals surface area contributed by atoms with E-state index in [1.54, 1.807) is 38.4 Å². The Morgan fingerprint density at radius 1 is 0.880 bits per heavy atom. The summed E-state index contributed by atoms with van der Waals surface area (Å²) < 4.78 is 27.3. The molecule has 2 aromatic rings. The van der Waals surface area contributed by atoms with Crippen LogP contribution in [0.1, 0.15) is 17.3 Å². The van der Waals surface area contributed by atoms with Gasteiger partial charge in [0.05, 0.1) is 4.90 Å². The van der Waals surface area contributed by atoms with Crippen LogP contribution in [0, 0.1) is 0 Å². The largest absolute Gasteiger partial charge is 0.345 e. The van der Waals surface area contributed by atoms with Gasteiger partial charge in [-0.05, 0) is 48.5 Å². The fraction of sp³-hybridized carbons (Fsp3) is 0.176. The van der Waals surface area contributed by atoms with Gasteiger partial charge in [-0.3, -0.25) is 14.3 Å². The summed E-state index contributed by atoms with van der Waals surface area (Å²) in [5.74, 6) is -0.411. The molecule has 0 aromatic heterocycles. The van der Waals surface area contributed by atoms with Crippen molar-refractivity contribution in [3.8, 4) is 0 Å². The standard InChI is InChI=1S/C17H19N3O4S/c1-12(21)18-14-6-8-15(9-7-14)19-25(23,24)16-10-4-13(5-11-16)17(22)20(2)3/h4-11,19H,1-3H3,(H,18,21). The van der Waals surface area contributed by atoms with Gasteiger partial charge < -0.3 is 10.2 Å². The highest BCUT2D eigenvalue weighted by molar-refractivity contribution is 7.92. The number of amides is 2. The second-order valence-corrected chi connectivity index (χ2v) is 7.27. The first-order valence-corrected chi connectivity index (χ1v) is 8.89.